The van der Waals surface area contributed by atoms with E-state index in [0.717, 1.165) is 55.5 Å². The van der Waals surface area contributed by atoms with Gasteiger partial charge >= 0.3 is 0 Å². The van der Waals surface area contributed by atoms with E-state index in [1.807, 2.05) is 30.4 Å². The molecule has 8 nitrogen and oxygen atoms in total. The molecule has 1 amide bonds. The third-order valence-corrected chi connectivity index (χ3v) is 6.22. The Kier molecular flexibility index (Phi) is 4.15. The lowest BCUT2D eigenvalue weighted by Crippen LogP contribution is -2.30. The summed E-state index contributed by atoms with van der Waals surface area (Å²) in [4.78, 5) is 18.7. The lowest BCUT2D eigenvalue weighted by Gasteiger charge is -2.23. The zero-order valence-corrected chi connectivity index (χ0v) is 16.5. The van der Waals surface area contributed by atoms with Crippen LogP contribution in [0.2, 0.25) is 0 Å². The van der Waals surface area contributed by atoms with Gasteiger partial charge in [0.15, 0.2) is 0 Å². The van der Waals surface area contributed by atoms with E-state index in [1.165, 1.54) is 6.08 Å². The van der Waals surface area contributed by atoms with E-state index in [9.17, 15) is 4.79 Å². The van der Waals surface area contributed by atoms with Crippen LogP contribution in [0.5, 0.6) is 5.88 Å². The van der Waals surface area contributed by atoms with Gasteiger partial charge in [-0.25, -0.2) is 9.50 Å². The maximum Gasteiger partial charge on any atom is 0.245 e. The highest BCUT2D eigenvalue weighted by Crippen LogP contribution is 2.46. The normalized spacial score (nSPS) is 23.9. The molecule has 0 N–H and O–H groups in total. The number of hydrogen-bond donors (Lipinski definition) is 0. The molecule has 4 heterocycles. The number of carbonyl (C=O) groups is 1. The van der Waals surface area contributed by atoms with Crippen molar-refractivity contribution >= 4 is 11.4 Å². The van der Waals surface area contributed by atoms with Gasteiger partial charge in [0.25, 0.3) is 0 Å². The van der Waals surface area contributed by atoms with Gasteiger partial charge in [-0.2, -0.15) is 10.2 Å². The van der Waals surface area contributed by atoms with E-state index in [1.54, 1.807) is 21.6 Å². The highest BCUT2D eigenvalue weighted by molar-refractivity contribution is 5.87. The molecule has 1 aliphatic carbocycles. The number of amides is 1. The molecule has 1 unspecified atom stereocenters. The second kappa shape index (κ2) is 6.72. The Morgan fingerprint density at radius 2 is 2.24 bits per heavy atom. The number of nitrogens with zero attached hydrogens (tertiary/aromatic N) is 6. The van der Waals surface area contributed by atoms with Crippen LogP contribution in [0.3, 0.4) is 0 Å². The van der Waals surface area contributed by atoms with Gasteiger partial charge in [0, 0.05) is 31.9 Å². The number of hydrogen-bond acceptors (Lipinski definition) is 5. The Labute approximate surface area is 168 Å². The van der Waals surface area contributed by atoms with E-state index in [-0.39, 0.29) is 17.4 Å². The van der Waals surface area contributed by atoms with Crippen molar-refractivity contribution in [3.8, 4) is 17.1 Å². The van der Waals surface area contributed by atoms with E-state index in [0.29, 0.717) is 5.88 Å². The number of ether oxygens (including phenoxy) is 1. The Morgan fingerprint density at radius 3 is 3.03 bits per heavy atom. The Hall–Kier alpha value is -3.16. The molecule has 2 atom stereocenters. The fourth-order valence-electron chi connectivity index (χ4n) is 4.71. The van der Waals surface area contributed by atoms with Gasteiger partial charge in [0.2, 0.25) is 11.8 Å². The summed E-state index contributed by atoms with van der Waals surface area (Å²) >= 11 is 0. The first-order valence-corrected chi connectivity index (χ1v) is 9.97. The van der Waals surface area contributed by atoms with Gasteiger partial charge in [-0.15, -0.1) is 0 Å². The summed E-state index contributed by atoms with van der Waals surface area (Å²) < 4.78 is 9.95. The van der Waals surface area contributed by atoms with Gasteiger partial charge in [-0.3, -0.25) is 9.48 Å². The standard InChI is InChI=1S/C21H24N6O2/c1-3-19(28)26-9-7-21(14-26)6-4-16(10-21)29-20-18-5-8-22-27(18)13-17(24-20)15-11-23-25(2)12-15/h3,5,8,11-13,16H,1,4,6-7,9-10,14H2,2H3/t16?,21-/m0/s1. The molecule has 3 aromatic heterocycles. The molecule has 0 aromatic carbocycles. The minimum absolute atomic E-state index is 0.0260. The van der Waals surface area contributed by atoms with Crippen molar-refractivity contribution in [3.63, 3.8) is 0 Å². The van der Waals surface area contributed by atoms with Gasteiger partial charge in [0.05, 0.1) is 24.3 Å². The Bertz CT molecular complexity index is 1090. The van der Waals surface area contributed by atoms with Crippen LogP contribution in [0.1, 0.15) is 25.7 Å². The molecular weight excluding hydrogens is 368 g/mol. The first kappa shape index (κ1) is 17.9. The maximum absolute atomic E-state index is 12.0. The van der Waals surface area contributed by atoms with Crippen LogP contribution in [0.25, 0.3) is 16.8 Å². The van der Waals surface area contributed by atoms with Crippen LogP contribution in [0.4, 0.5) is 0 Å². The summed E-state index contributed by atoms with van der Waals surface area (Å²) in [6.45, 7) is 5.21. The summed E-state index contributed by atoms with van der Waals surface area (Å²) in [5.74, 6) is 0.626. The van der Waals surface area contributed by atoms with Gasteiger partial charge < -0.3 is 9.64 Å². The van der Waals surface area contributed by atoms with Crippen molar-refractivity contribution in [3.05, 3.63) is 43.5 Å². The van der Waals surface area contributed by atoms with Crippen LogP contribution in [0.15, 0.2) is 43.5 Å². The summed E-state index contributed by atoms with van der Waals surface area (Å²) in [7, 11) is 1.88. The maximum atomic E-state index is 12.0. The number of fused-ring (bicyclic) bond motifs is 1. The van der Waals surface area contributed by atoms with Gasteiger partial charge in [-0.1, -0.05) is 6.58 Å². The highest BCUT2D eigenvalue weighted by Gasteiger charge is 2.46. The zero-order valence-electron chi connectivity index (χ0n) is 16.5. The monoisotopic (exact) mass is 392 g/mol. The van der Waals surface area contributed by atoms with Crippen molar-refractivity contribution in [2.75, 3.05) is 13.1 Å². The molecule has 0 radical (unpaired) electrons. The third kappa shape index (κ3) is 3.18. The molecule has 1 aliphatic heterocycles. The summed E-state index contributed by atoms with van der Waals surface area (Å²) in [5.41, 5.74) is 2.71. The van der Waals surface area contributed by atoms with E-state index in [2.05, 4.69) is 16.8 Å². The average Bonchev–Trinajstić information content (AvgIpc) is 3.50. The van der Waals surface area contributed by atoms with Crippen LogP contribution < -0.4 is 4.74 Å². The SMILES string of the molecule is C=CC(=O)N1CC[C@]2(CCC(Oc3nc(-c4cnn(C)c4)cn4nccc34)C2)C1. The molecule has 1 spiro atoms. The summed E-state index contributed by atoms with van der Waals surface area (Å²) in [6.07, 6.45) is 12.9. The molecule has 3 aromatic rings. The average molecular weight is 392 g/mol. The second-order valence-electron chi connectivity index (χ2n) is 8.19. The van der Waals surface area contributed by atoms with Crippen LogP contribution in [-0.4, -0.2) is 54.4 Å². The molecule has 150 valence electrons. The smallest absolute Gasteiger partial charge is 0.245 e. The van der Waals surface area contributed by atoms with Gasteiger partial charge in [-0.05, 0) is 43.2 Å². The van der Waals surface area contributed by atoms with Crippen molar-refractivity contribution < 1.29 is 9.53 Å². The molecule has 5 rings (SSSR count). The van der Waals surface area contributed by atoms with Crippen LogP contribution in [0, 0.1) is 5.41 Å². The van der Waals surface area contributed by atoms with E-state index < -0.39 is 0 Å². The van der Waals surface area contributed by atoms with E-state index in [4.69, 9.17) is 9.72 Å². The van der Waals surface area contributed by atoms with E-state index >= 15 is 0 Å². The molecular formula is C21H24N6O2. The van der Waals surface area contributed by atoms with Crippen molar-refractivity contribution in [2.45, 2.75) is 31.8 Å². The lowest BCUT2D eigenvalue weighted by atomic mass is 9.85. The number of carbonyl (C=O) groups excluding carboxylic acids is 1. The van der Waals surface area contributed by atoms with Crippen molar-refractivity contribution in [1.29, 1.82) is 0 Å². The lowest BCUT2D eigenvalue weighted by molar-refractivity contribution is -0.125. The predicted octanol–water partition coefficient (Wildman–Crippen LogP) is 2.47. The Morgan fingerprint density at radius 1 is 1.34 bits per heavy atom. The van der Waals surface area contributed by atoms with Gasteiger partial charge in [0.1, 0.15) is 11.6 Å². The summed E-state index contributed by atoms with van der Waals surface area (Å²) in [5, 5.41) is 8.61. The fourth-order valence-corrected chi connectivity index (χ4v) is 4.71. The minimum Gasteiger partial charge on any atom is -0.473 e. The number of rotatable bonds is 4. The largest absolute Gasteiger partial charge is 0.473 e. The van der Waals surface area contributed by atoms with Crippen molar-refractivity contribution in [2.24, 2.45) is 12.5 Å². The molecule has 2 aliphatic rings. The number of aromatic nitrogens is 5. The summed E-state index contributed by atoms with van der Waals surface area (Å²) in [6, 6.07) is 1.92. The highest BCUT2D eigenvalue weighted by atomic mass is 16.5. The third-order valence-electron chi connectivity index (χ3n) is 6.22. The molecule has 1 saturated heterocycles. The molecule has 0 bridgehead atoms. The number of likely N-dealkylation sites (tertiary alicyclic amines) is 1. The van der Waals surface area contributed by atoms with Crippen LogP contribution in [-0.2, 0) is 11.8 Å². The fraction of sp³-hybridized carbons (Fsp3) is 0.429. The minimum atomic E-state index is 0.0260. The second-order valence-corrected chi connectivity index (χ2v) is 8.19. The quantitative estimate of drug-likeness (QED) is 0.638. The first-order chi connectivity index (χ1) is 14.0. The number of aryl methyl sites for hydroxylation is 1. The van der Waals surface area contributed by atoms with Crippen LogP contribution >= 0.6 is 0 Å². The van der Waals surface area contributed by atoms with Crippen molar-refractivity contribution in [1.82, 2.24) is 29.3 Å². The predicted molar refractivity (Wildman–Crippen MR) is 107 cm³/mol. The molecule has 2 fully saturated rings. The first-order valence-electron chi connectivity index (χ1n) is 9.97. The molecule has 29 heavy (non-hydrogen) atoms. The Balaban J connectivity index is 1.38. The zero-order chi connectivity index (χ0) is 20.0. The molecule has 8 heteroatoms. The molecule has 1 saturated carbocycles. The topological polar surface area (TPSA) is 77.6 Å².